The lowest BCUT2D eigenvalue weighted by Gasteiger charge is -2.26. The second-order valence-corrected chi connectivity index (χ2v) is 4.71. The van der Waals surface area contributed by atoms with Crippen LogP contribution in [0.1, 0.15) is 27.7 Å². The van der Waals surface area contributed by atoms with Crippen molar-refractivity contribution in [2.75, 3.05) is 27.3 Å². The molecule has 0 aromatic rings. The summed E-state index contributed by atoms with van der Waals surface area (Å²) in [6.45, 7) is 10.9. The molecule has 0 heterocycles. The molecule has 0 bridgehead atoms. The van der Waals surface area contributed by atoms with E-state index in [2.05, 4.69) is 33.0 Å². The van der Waals surface area contributed by atoms with E-state index in [4.69, 9.17) is 9.47 Å². The Kier molecular flexibility index (Phi) is 8.02. The number of hydrogen-bond donors (Lipinski definition) is 1. The summed E-state index contributed by atoms with van der Waals surface area (Å²) >= 11 is 0. The maximum atomic E-state index is 5.12. The lowest BCUT2D eigenvalue weighted by Crippen LogP contribution is -2.36. The fraction of sp³-hybridized carbons (Fsp3) is 1.00. The summed E-state index contributed by atoms with van der Waals surface area (Å²) in [4.78, 5) is 0. The van der Waals surface area contributed by atoms with Gasteiger partial charge < -0.3 is 14.8 Å². The highest BCUT2D eigenvalue weighted by Crippen LogP contribution is 2.19. The van der Waals surface area contributed by atoms with Gasteiger partial charge in [0.25, 0.3) is 0 Å². The second kappa shape index (κ2) is 8.08. The summed E-state index contributed by atoms with van der Waals surface area (Å²) in [7, 11) is 3.33. The summed E-state index contributed by atoms with van der Waals surface area (Å²) in [6, 6.07) is 0. The van der Waals surface area contributed by atoms with Crippen molar-refractivity contribution in [1.82, 2.24) is 5.32 Å². The minimum atomic E-state index is -0.134. The van der Waals surface area contributed by atoms with Gasteiger partial charge in [-0.05, 0) is 24.3 Å². The van der Waals surface area contributed by atoms with E-state index in [1.54, 1.807) is 14.2 Å². The average Bonchev–Trinajstić information content (AvgIpc) is 2.17. The minimum Gasteiger partial charge on any atom is -0.355 e. The molecule has 0 spiro atoms. The molecule has 3 heteroatoms. The van der Waals surface area contributed by atoms with Crippen molar-refractivity contribution in [1.29, 1.82) is 0 Å². The summed E-state index contributed by atoms with van der Waals surface area (Å²) < 4.78 is 10.2. The van der Waals surface area contributed by atoms with Crippen molar-refractivity contribution >= 4 is 0 Å². The Balaban J connectivity index is 3.80. The van der Waals surface area contributed by atoms with Gasteiger partial charge in [-0.15, -0.1) is 0 Å². The Labute approximate surface area is 94.5 Å². The first-order valence-electron chi connectivity index (χ1n) is 5.79. The molecule has 0 radical (unpaired) electrons. The Morgan fingerprint density at radius 2 is 1.33 bits per heavy atom. The van der Waals surface area contributed by atoms with Crippen LogP contribution in [0.15, 0.2) is 0 Å². The van der Waals surface area contributed by atoms with Gasteiger partial charge in [-0.3, -0.25) is 0 Å². The van der Waals surface area contributed by atoms with Gasteiger partial charge in [0.2, 0.25) is 0 Å². The molecular weight excluding hydrogens is 190 g/mol. The number of methoxy groups -OCH3 is 2. The largest absolute Gasteiger partial charge is 0.355 e. The summed E-state index contributed by atoms with van der Waals surface area (Å²) in [5.74, 6) is 2.13. The first-order chi connectivity index (χ1) is 7.02. The molecule has 0 atom stereocenters. The number of hydrogen-bond acceptors (Lipinski definition) is 3. The van der Waals surface area contributed by atoms with Crippen molar-refractivity contribution in [3.8, 4) is 0 Å². The number of rotatable bonds is 8. The first-order valence-corrected chi connectivity index (χ1v) is 5.79. The van der Waals surface area contributed by atoms with E-state index in [9.17, 15) is 0 Å². The highest BCUT2D eigenvalue weighted by Gasteiger charge is 2.17. The molecule has 0 unspecified atom stereocenters. The van der Waals surface area contributed by atoms with E-state index in [0.29, 0.717) is 17.8 Å². The van der Waals surface area contributed by atoms with E-state index in [0.717, 1.165) is 13.1 Å². The quantitative estimate of drug-likeness (QED) is 0.632. The Morgan fingerprint density at radius 3 is 1.67 bits per heavy atom. The fourth-order valence-electron chi connectivity index (χ4n) is 1.87. The van der Waals surface area contributed by atoms with Crippen molar-refractivity contribution < 1.29 is 9.47 Å². The SMILES string of the molecule is COC(CNCC(C(C)C)C(C)C)OC. The molecule has 0 saturated heterocycles. The molecule has 0 fully saturated rings. The van der Waals surface area contributed by atoms with Crippen LogP contribution in [0.3, 0.4) is 0 Å². The predicted molar refractivity (Wildman–Crippen MR) is 63.8 cm³/mol. The van der Waals surface area contributed by atoms with Gasteiger partial charge >= 0.3 is 0 Å². The Hall–Kier alpha value is -0.120. The zero-order chi connectivity index (χ0) is 11.8. The molecule has 1 N–H and O–H groups in total. The van der Waals surface area contributed by atoms with Crippen LogP contribution in [-0.4, -0.2) is 33.6 Å². The van der Waals surface area contributed by atoms with Gasteiger partial charge in [0.15, 0.2) is 6.29 Å². The molecule has 0 aromatic carbocycles. The minimum absolute atomic E-state index is 0.134. The van der Waals surface area contributed by atoms with Gasteiger partial charge in [0.05, 0.1) is 0 Å². The van der Waals surface area contributed by atoms with E-state index in [1.165, 1.54) is 0 Å². The molecular formula is C12H27NO2. The lowest BCUT2D eigenvalue weighted by molar-refractivity contribution is -0.0992. The van der Waals surface area contributed by atoms with E-state index in [-0.39, 0.29) is 6.29 Å². The van der Waals surface area contributed by atoms with Crippen LogP contribution in [0.25, 0.3) is 0 Å². The third kappa shape index (κ3) is 6.13. The van der Waals surface area contributed by atoms with Gasteiger partial charge in [0, 0.05) is 20.8 Å². The van der Waals surface area contributed by atoms with Crippen LogP contribution in [0.5, 0.6) is 0 Å². The summed E-state index contributed by atoms with van der Waals surface area (Å²) in [5.41, 5.74) is 0. The second-order valence-electron chi connectivity index (χ2n) is 4.71. The molecule has 15 heavy (non-hydrogen) atoms. The average molecular weight is 217 g/mol. The standard InChI is InChI=1S/C12H27NO2/c1-9(2)11(10(3)4)7-13-8-12(14-5)15-6/h9-13H,7-8H2,1-6H3. The highest BCUT2D eigenvalue weighted by molar-refractivity contribution is 4.69. The summed E-state index contributed by atoms with van der Waals surface area (Å²) in [6.07, 6.45) is -0.134. The Morgan fingerprint density at radius 1 is 0.867 bits per heavy atom. The van der Waals surface area contributed by atoms with Gasteiger partial charge in [-0.25, -0.2) is 0 Å². The molecule has 0 aliphatic rings. The monoisotopic (exact) mass is 217 g/mol. The van der Waals surface area contributed by atoms with E-state index in [1.807, 2.05) is 0 Å². The van der Waals surface area contributed by atoms with Crippen LogP contribution in [0, 0.1) is 17.8 Å². The smallest absolute Gasteiger partial charge is 0.169 e. The lowest BCUT2D eigenvalue weighted by atomic mass is 9.85. The van der Waals surface area contributed by atoms with Crippen molar-refractivity contribution in [2.24, 2.45) is 17.8 Å². The summed E-state index contributed by atoms with van der Waals surface area (Å²) in [5, 5.41) is 3.40. The van der Waals surface area contributed by atoms with Gasteiger partial charge in [-0.1, -0.05) is 27.7 Å². The molecule has 3 nitrogen and oxygen atoms in total. The molecule has 0 aliphatic carbocycles. The topological polar surface area (TPSA) is 30.5 Å². The van der Waals surface area contributed by atoms with Crippen LogP contribution in [-0.2, 0) is 9.47 Å². The highest BCUT2D eigenvalue weighted by atomic mass is 16.7. The Bertz CT molecular complexity index is 137. The van der Waals surface area contributed by atoms with Crippen molar-refractivity contribution in [2.45, 2.75) is 34.0 Å². The van der Waals surface area contributed by atoms with Crippen LogP contribution >= 0.6 is 0 Å². The molecule has 0 aromatic heterocycles. The third-order valence-corrected chi connectivity index (χ3v) is 2.93. The maximum Gasteiger partial charge on any atom is 0.169 e. The van der Waals surface area contributed by atoms with Crippen molar-refractivity contribution in [3.05, 3.63) is 0 Å². The van der Waals surface area contributed by atoms with Gasteiger partial charge in [0.1, 0.15) is 0 Å². The predicted octanol–water partition coefficient (Wildman–Crippen LogP) is 2.12. The zero-order valence-electron chi connectivity index (χ0n) is 11.0. The number of nitrogens with one attached hydrogen (secondary N) is 1. The fourth-order valence-corrected chi connectivity index (χ4v) is 1.87. The van der Waals surface area contributed by atoms with Crippen LogP contribution < -0.4 is 5.32 Å². The maximum absolute atomic E-state index is 5.12. The van der Waals surface area contributed by atoms with Crippen molar-refractivity contribution in [3.63, 3.8) is 0 Å². The van der Waals surface area contributed by atoms with Crippen LogP contribution in [0.2, 0.25) is 0 Å². The zero-order valence-corrected chi connectivity index (χ0v) is 11.0. The molecule has 0 amide bonds. The van der Waals surface area contributed by atoms with E-state index < -0.39 is 0 Å². The molecule has 0 saturated carbocycles. The number of ether oxygens (including phenoxy) is 2. The van der Waals surface area contributed by atoms with Crippen LogP contribution in [0.4, 0.5) is 0 Å². The molecule has 0 aliphatic heterocycles. The molecule has 92 valence electrons. The normalized spacial score (nSPS) is 12.4. The third-order valence-electron chi connectivity index (χ3n) is 2.93. The first kappa shape index (κ1) is 14.9. The molecule has 0 rings (SSSR count). The van der Waals surface area contributed by atoms with Gasteiger partial charge in [-0.2, -0.15) is 0 Å². The van der Waals surface area contributed by atoms with E-state index >= 15 is 0 Å².